The zero-order valence-electron chi connectivity index (χ0n) is 12.6. The lowest BCUT2D eigenvalue weighted by molar-refractivity contribution is 0.242. The number of aryl methyl sites for hydroxylation is 1. The molecule has 2 aromatic rings. The first-order valence-corrected chi connectivity index (χ1v) is 7.56. The van der Waals surface area contributed by atoms with E-state index in [9.17, 15) is 0 Å². The maximum atomic E-state index is 5.79. The Labute approximate surface area is 132 Å². The number of benzene rings is 2. The fourth-order valence-electron chi connectivity index (χ4n) is 2.60. The summed E-state index contributed by atoms with van der Waals surface area (Å²) in [4.78, 5) is 2.86. The molecule has 1 unspecified atom stereocenters. The lowest BCUT2D eigenvalue weighted by Crippen LogP contribution is -2.28. The third kappa shape index (κ3) is 4.66. The second-order valence-electron chi connectivity index (χ2n) is 5.50. The molecule has 2 aromatic carbocycles. The van der Waals surface area contributed by atoms with Crippen molar-refractivity contribution in [3.63, 3.8) is 0 Å². The Hall–Kier alpha value is -1.71. The summed E-state index contributed by atoms with van der Waals surface area (Å²) in [5.41, 5.74) is 9.63. The Balaban J connectivity index is 2.18. The first-order valence-electron chi connectivity index (χ1n) is 7.15. The molecule has 21 heavy (non-hydrogen) atoms. The summed E-state index contributed by atoms with van der Waals surface area (Å²) in [5, 5.41) is 0. The van der Waals surface area contributed by atoms with Crippen LogP contribution < -0.4 is 5.73 Å². The van der Waals surface area contributed by atoms with Crippen molar-refractivity contribution in [2.45, 2.75) is 25.9 Å². The van der Waals surface area contributed by atoms with Gasteiger partial charge in [-0.15, -0.1) is 0 Å². The lowest BCUT2D eigenvalue weighted by Gasteiger charge is -2.28. The molecule has 0 heterocycles. The van der Waals surface area contributed by atoms with Crippen molar-refractivity contribution in [2.75, 3.05) is 7.05 Å². The van der Waals surface area contributed by atoms with Crippen LogP contribution in [0.25, 0.3) is 0 Å². The smallest absolute Gasteiger partial charge is 0.0746 e. The van der Waals surface area contributed by atoms with Gasteiger partial charge in [-0.2, -0.15) is 0 Å². The molecule has 0 amide bonds. The zero-order chi connectivity index (χ0) is 15.2. The quantitative estimate of drug-likeness (QED) is 0.822. The van der Waals surface area contributed by atoms with Gasteiger partial charge in [0.05, 0.1) is 4.99 Å². The van der Waals surface area contributed by atoms with E-state index in [2.05, 4.69) is 67.4 Å². The van der Waals surface area contributed by atoms with Crippen LogP contribution in [-0.2, 0) is 6.54 Å². The second kappa shape index (κ2) is 7.34. The van der Waals surface area contributed by atoms with E-state index in [-0.39, 0.29) is 6.04 Å². The monoisotopic (exact) mass is 298 g/mol. The number of nitrogens with zero attached hydrogens (tertiary/aromatic N) is 1. The number of rotatable bonds is 6. The molecule has 0 bridgehead atoms. The predicted octanol–water partition coefficient (Wildman–Crippen LogP) is 3.84. The molecule has 0 saturated carbocycles. The first kappa shape index (κ1) is 15.7. The van der Waals surface area contributed by atoms with Crippen LogP contribution >= 0.6 is 12.2 Å². The number of nitrogens with two attached hydrogens (primary N) is 1. The molecule has 110 valence electrons. The molecule has 1 atom stereocenters. The summed E-state index contributed by atoms with van der Waals surface area (Å²) >= 11 is 5.13. The van der Waals surface area contributed by atoms with E-state index in [1.165, 1.54) is 16.7 Å². The Bertz CT molecular complexity index is 595. The highest BCUT2D eigenvalue weighted by atomic mass is 32.1. The molecule has 0 fully saturated rings. The van der Waals surface area contributed by atoms with Crippen molar-refractivity contribution in [1.82, 2.24) is 4.90 Å². The third-order valence-electron chi connectivity index (χ3n) is 3.63. The van der Waals surface area contributed by atoms with Gasteiger partial charge in [-0.3, -0.25) is 4.90 Å². The molecular formula is C18H22N2S. The Kier molecular flexibility index (Phi) is 5.48. The van der Waals surface area contributed by atoms with E-state index in [1.54, 1.807) is 0 Å². The lowest BCUT2D eigenvalue weighted by atomic mass is 10.0. The van der Waals surface area contributed by atoms with Crippen molar-refractivity contribution in [3.8, 4) is 0 Å². The molecule has 0 spiro atoms. The van der Waals surface area contributed by atoms with Crippen LogP contribution in [0.1, 0.15) is 29.2 Å². The van der Waals surface area contributed by atoms with Crippen LogP contribution in [0.2, 0.25) is 0 Å². The van der Waals surface area contributed by atoms with Gasteiger partial charge in [0.25, 0.3) is 0 Å². The highest BCUT2D eigenvalue weighted by molar-refractivity contribution is 7.80. The summed E-state index contributed by atoms with van der Waals surface area (Å²) in [5.74, 6) is 0. The highest BCUT2D eigenvalue weighted by Crippen LogP contribution is 2.24. The second-order valence-corrected chi connectivity index (χ2v) is 6.03. The van der Waals surface area contributed by atoms with Gasteiger partial charge in [0.1, 0.15) is 0 Å². The van der Waals surface area contributed by atoms with Gasteiger partial charge in [0.2, 0.25) is 0 Å². The van der Waals surface area contributed by atoms with Gasteiger partial charge in [-0.05, 0) is 25.1 Å². The van der Waals surface area contributed by atoms with E-state index in [1.807, 2.05) is 6.07 Å². The Morgan fingerprint density at radius 1 is 1.14 bits per heavy atom. The Morgan fingerprint density at radius 3 is 2.48 bits per heavy atom. The molecule has 0 aromatic heterocycles. The van der Waals surface area contributed by atoms with Crippen molar-refractivity contribution in [2.24, 2.45) is 5.73 Å². The molecule has 2 nitrogen and oxygen atoms in total. The summed E-state index contributed by atoms with van der Waals surface area (Å²) in [6, 6.07) is 19.2. The van der Waals surface area contributed by atoms with Crippen LogP contribution in [0, 0.1) is 6.92 Å². The molecular weight excluding hydrogens is 276 g/mol. The van der Waals surface area contributed by atoms with Crippen LogP contribution in [0.15, 0.2) is 54.6 Å². The maximum absolute atomic E-state index is 5.79. The molecule has 0 aliphatic rings. The SMILES string of the molecule is Cc1cccc(CN(C)C(CC(N)=S)c2ccccc2)c1. The molecule has 3 heteroatoms. The molecule has 0 radical (unpaired) electrons. The van der Waals surface area contributed by atoms with Crippen LogP contribution in [0.3, 0.4) is 0 Å². The van der Waals surface area contributed by atoms with Crippen molar-refractivity contribution in [3.05, 3.63) is 71.3 Å². The molecule has 2 N–H and O–H groups in total. The largest absolute Gasteiger partial charge is 0.393 e. The summed E-state index contributed by atoms with van der Waals surface area (Å²) < 4.78 is 0. The summed E-state index contributed by atoms with van der Waals surface area (Å²) in [6.07, 6.45) is 0.696. The molecule has 0 aliphatic heterocycles. The van der Waals surface area contributed by atoms with Gasteiger partial charge >= 0.3 is 0 Å². The predicted molar refractivity (Wildman–Crippen MR) is 93.2 cm³/mol. The van der Waals surface area contributed by atoms with E-state index < -0.39 is 0 Å². The number of hydrogen-bond acceptors (Lipinski definition) is 2. The van der Waals surface area contributed by atoms with E-state index in [0.29, 0.717) is 11.4 Å². The van der Waals surface area contributed by atoms with Gasteiger partial charge in [-0.25, -0.2) is 0 Å². The van der Waals surface area contributed by atoms with Crippen LogP contribution in [0.4, 0.5) is 0 Å². The van der Waals surface area contributed by atoms with Gasteiger partial charge in [0, 0.05) is 19.0 Å². The topological polar surface area (TPSA) is 29.3 Å². The normalized spacial score (nSPS) is 12.3. The number of hydrogen-bond donors (Lipinski definition) is 1. The van der Waals surface area contributed by atoms with E-state index in [0.717, 1.165) is 6.54 Å². The van der Waals surface area contributed by atoms with E-state index in [4.69, 9.17) is 18.0 Å². The van der Waals surface area contributed by atoms with Gasteiger partial charge in [0.15, 0.2) is 0 Å². The van der Waals surface area contributed by atoms with Crippen LogP contribution in [0.5, 0.6) is 0 Å². The maximum Gasteiger partial charge on any atom is 0.0746 e. The minimum atomic E-state index is 0.212. The van der Waals surface area contributed by atoms with Crippen molar-refractivity contribution >= 4 is 17.2 Å². The van der Waals surface area contributed by atoms with E-state index >= 15 is 0 Å². The fraction of sp³-hybridized carbons (Fsp3) is 0.278. The minimum absolute atomic E-state index is 0.212. The van der Waals surface area contributed by atoms with Gasteiger partial charge < -0.3 is 5.73 Å². The molecule has 0 aliphatic carbocycles. The van der Waals surface area contributed by atoms with Crippen molar-refractivity contribution in [1.29, 1.82) is 0 Å². The first-order chi connectivity index (χ1) is 10.1. The standard InChI is InChI=1S/C18H22N2S/c1-14-7-6-8-15(11-14)13-20(2)17(12-18(19)21)16-9-4-3-5-10-16/h3-11,17H,12-13H2,1-2H3,(H2,19,21). The summed E-state index contributed by atoms with van der Waals surface area (Å²) in [7, 11) is 2.12. The molecule has 2 rings (SSSR count). The third-order valence-corrected chi connectivity index (χ3v) is 3.79. The van der Waals surface area contributed by atoms with Crippen molar-refractivity contribution < 1.29 is 0 Å². The fourth-order valence-corrected chi connectivity index (χ4v) is 2.76. The van der Waals surface area contributed by atoms with Crippen LogP contribution in [-0.4, -0.2) is 16.9 Å². The summed E-state index contributed by atoms with van der Waals surface area (Å²) in [6.45, 7) is 3.00. The van der Waals surface area contributed by atoms with Gasteiger partial charge in [-0.1, -0.05) is 72.4 Å². The number of thiocarbonyl (C=S) groups is 1. The average molecular weight is 298 g/mol. The Morgan fingerprint density at radius 2 is 1.86 bits per heavy atom. The molecule has 0 saturated heterocycles. The minimum Gasteiger partial charge on any atom is -0.393 e. The highest BCUT2D eigenvalue weighted by Gasteiger charge is 2.18. The average Bonchev–Trinajstić information content (AvgIpc) is 2.45. The zero-order valence-corrected chi connectivity index (χ0v) is 13.4.